The Labute approximate surface area is 156 Å². The maximum absolute atomic E-state index is 12.1. The van der Waals surface area contributed by atoms with Crippen LogP contribution < -0.4 is 15.5 Å². The topological polar surface area (TPSA) is 60.2 Å². The van der Waals surface area contributed by atoms with Crippen molar-refractivity contribution in [1.82, 2.24) is 15.6 Å². The molecule has 1 fully saturated rings. The molecule has 2 aliphatic rings. The first-order chi connectivity index (χ1) is 12.2. The van der Waals surface area contributed by atoms with Crippen molar-refractivity contribution in [3.63, 3.8) is 0 Å². The summed E-state index contributed by atoms with van der Waals surface area (Å²) in [5.41, 5.74) is 3.68. The van der Waals surface area contributed by atoms with Crippen molar-refractivity contribution in [3.05, 3.63) is 58.1 Å². The molecule has 5 nitrogen and oxygen atoms in total. The lowest BCUT2D eigenvalue weighted by molar-refractivity contribution is 0.0957. The van der Waals surface area contributed by atoms with Gasteiger partial charge in [-0.1, -0.05) is 17.7 Å². The molecule has 1 aromatic heterocycles. The Morgan fingerprint density at radius 3 is 3.00 bits per heavy atom. The number of H-pyrrole nitrogens is 1. The number of carbonyl (C=O) groups excluding carboxylic acids is 1. The molecule has 128 valence electrons. The van der Waals surface area contributed by atoms with Crippen LogP contribution >= 0.6 is 23.8 Å². The van der Waals surface area contributed by atoms with Gasteiger partial charge in [0, 0.05) is 17.3 Å². The van der Waals surface area contributed by atoms with Crippen molar-refractivity contribution in [2.45, 2.75) is 25.4 Å². The van der Waals surface area contributed by atoms with Gasteiger partial charge >= 0.3 is 0 Å². The second-order valence-corrected chi connectivity index (χ2v) is 6.86. The Kier molecular flexibility index (Phi) is 4.36. The number of halogens is 1. The molecule has 0 unspecified atom stereocenters. The molecule has 0 saturated carbocycles. The lowest BCUT2D eigenvalue weighted by Crippen LogP contribution is -2.41. The van der Waals surface area contributed by atoms with Crippen LogP contribution in [-0.2, 0) is 6.54 Å². The van der Waals surface area contributed by atoms with E-state index in [1.165, 1.54) is 5.56 Å². The first-order valence-electron chi connectivity index (χ1n) is 8.20. The number of aromatic amines is 1. The number of hydrogen-bond acceptors (Lipinski definition) is 4. The number of nitrogens with zero attached hydrogens (tertiary/aromatic N) is 1. The fourth-order valence-corrected chi connectivity index (χ4v) is 3.87. The average Bonchev–Trinajstić information content (AvgIpc) is 3.30. The third-order valence-electron chi connectivity index (χ3n) is 4.71. The van der Waals surface area contributed by atoms with Crippen LogP contribution in [0, 0.1) is 0 Å². The predicted molar refractivity (Wildman–Crippen MR) is 102 cm³/mol. The van der Waals surface area contributed by atoms with Crippen molar-refractivity contribution in [3.8, 4) is 0 Å². The molecule has 1 atom stereocenters. The highest BCUT2D eigenvalue weighted by atomic mass is 35.5. The van der Waals surface area contributed by atoms with Crippen molar-refractivity contribution >= 4 is 40.4 Å². The standard InChI is InChI=1S/C18H17ClN4OS/c19-12-4-3-11(13(8-12)14-2-1-6-20-14)9-23-15-5-7-21-17(15)18(24)22-16(23)10-25/h3-5,7-8,14,20-21H,1-2,6,9H2,(H,22,24)/t14-/m0/s1. The van der Waals surface area contributed by atoms with Crippen LogP contribution in [0.4, 0.5) is 5.69 Å². The Morgan fingerprint density at radius 2 is 2.24 bits per heavy atom. The van der Waals surface area contributed by atoms with Gasteiger partial charge in [-0.15, -0.1) is 0 Å². The number of hydrogen-bond donors (Lipinski definition) is 3. The molecule has 1 aromatic carbocycles. The van der Waals surface area contributed by atoms with Gasteiger partial charge in [0.15, 0.2) is 5.82 Å². The van der Waals surface area contributed by atoms with Crippen LogP contribution in [0.5, 0.6) is 0 Å². The average molecular weight is 373 g/mol. The zero-order chi connectivity index (χ0) is 17.4. The molecule has 4 rings (SSSR count). The molecule has 3 heterocycles. The van der Waals surface area contributed by atoms with E-state index >= 15 is 0 Å². The molecule has 7 heteroatoms. The van der Waals surface area contributed by atoms with E-state index in [-0.39, 0.29) is 5.91 Å². The Bertz CT molecular complexity index is 881. The maximum Gasteiger partial charge on any atom is 0.275 e. The smallest absolute Gasteiger partial charge is 0.275 e. The first-order valence-corrected chi connectivity index (χ1v) is 8.99. The van der Waals surface area contributed by atoms with Gasteiger partial charge in [-0.3, -0.25) is 10.1 Å². The number of thiocarbonyl (C=S) groups is 1. The number of carbonyl (C=O) groups is 1. The van der Waals surface area contributed by atoms with Crippen LogP contribution in [-0.4, -0.2) is 22.5 Å². The summed E-state index contributed by atoms with van der Waals surface area (Å²) < 4.78 is 0. The normalized spacial score (nSPS) is 19.6. The van der Waals surface area contributed by atoms with Gasteiger partial charge in [-0.05, 0) is 66.0 Å². The molecular formula is C18H17ClN4OS. The minimum atomic E-state index is -0.197. The van der Waals surface area contributed by atoms with Gasteiger partial charge in [0.1, 0.15) is 5.69 Å². The fraction of sp³-hybridized carbons (Fsp3) is 0.278. The SMILES string of the molecule is O=C1NC(=C=S)N(Cc2ccc(Cl)cc2[C@@H]2CCCN2)c2cc[nH]c21. The van der Waals surface area contributed by atoms with Gasteiger partial charge in [-0.2, -0.15) is 0 Å². The van der Waals surface area contributed by atoms with Gasteiger partial charge in [-0.25, -0.2) is 0 Å². The zero-order valence-corrected chi connectivity index (χ0v) is 15.0. The molecule has 25 heavy (non-hydrogen) atoms. The van der Waals surface area contributed by atoms with E-state index in [0.29, 0.717) is 24.1 Å². The molecule has 0 bridgehead atoms. The zero-order valence-electron chi connectivity index (χ0n) is 13.4. The van der Waals surface area contributed by atoms with Crippen LogP contribution in [0.25, 0.3) is 0 Å². The second-order valence-electron chi connectivity index (χ2n) is 6.22. The Morgan fingerprint density at radius 1 is 1.36 bits per heavy atom. The third kappa shape index (κ3) is 2.98. The summed E-state index contributed by atoms with van der Waals surface area (Å²) in [4.78, 5) is 17.1. The Balaban J connectivity index is 1.74. The number of benzene rings is 1. The maximum atomic E-state index is 12.1. The van der Waals surface area contributed by atoms with E-state index in [9.17, 15) is 4.79 Å². The number of fused-ring (bicyclic) bond motifs is 1. The van der Waals surface area contributed by atoms with Crippen LogP contribution in [0.3, 0.4) is 0 Å². The molecule has 0 spiro atoms. The lowest BCUT2D eigenvalue weighted by Gasteiger charge is -2.31. The molecule has 0 radical (unpaired) electrons. The summed E-state index contributed by atoms with van der Waals surface area (Å²) in [6, 6.07) is 8.16. The predicted octanol–water partition coefficient (Wildman–Crippen LogP) is 3.28. The van der Waals surface area contributed by atoms with Gasteiger partial charge in [0.05, 0.1) is 12.2 Å². The van der Waals surface area contributed by atoms with E-state index in [2.05, 4.69) is 20.6 Å². The summed E-state index contributed by atoms with van der Waals surface area (Å²) >= 11 is 11.2. The number of rotatable bonds is 3. The molecule has 2 aromatic rings. The number of aromatic nitrogens is 1. The van der Waals surface area contributed by atoms with Crippen molar-refractivity contribution in [1.29, 1.82) is 0 Å². The van der Waals surface area contributed by atoms with Gasteiger partial charge in [0.2, 0.25) is 0 Å². The molecule has 3 N–H and O–H groups in total. The van der Waals surface area contributed by atoms with E-state index in [1.807, 2.05) is 29.2 Å². The summed E-state index contributed by atoms with van der Waals surface area (Å²) in [7, 11) is 0. The van der Waals surface area contributed by atoms with E-state index < -0.39 is 0 Å². The van der Waals surface area contributed by atoms with E-state index in [4.69, 9.17) is 23.8 Å². The monoisotopic (exact) mass is 372 g/mol. The molecule has 1 saturated heterocycles. The van der Waals surface area contributed by atoms with E-state index in [1.54, 1.807) is 6.20 Å². The van der Waals surface area contributed by atoms with E-state index in [0.717, 1.165) is 35.7 Å². The summed E-state index contributed by atoms with van der Waals surface area (Å²) in [6.07, 6.45) is 4.00. The Hall–Kier alpha value is -2.11. The minimum absolute atomic E-state index is 0.197. The van der Waals surface area contributed by atoms with Crippen molar-refractivity contribution in [2.75, 3.05) is 11.4 Å². The summed E-state index contributed by atoms with van der Waals surface area (Å²) in [5.74, 6) is 0.296. The van der Waals surface area contributed by atoms with Crippen LogP contribution in [0.15, 0.2) is 36.3 Å². The highest BCUT2D eigenvalue weighted by molar-refractivity contribution is 7.78. The highest BCUT2D eigenvalue weighted by Gasteiger charge is 2.29. The largest absolute Gasteiger partial charge is 0.355 e. The number of nitrogens with one attached hydrogen (secondary N) is 3. The quantitative estimate of drug-likeness (QED) is 0.724. The number of amides is 1. The van der Waals surface area contributed by atoms with Gasteiger partial charge in [0.25, 0.3) is 5.91 Å². The summed E-state index contributed by atoms with van der Waals surface area (Å²) in [5, 5.41) is 9.73. The van der Waals surface area contributed by atoms with Crippen LogP contribution in [0.2, 0.25) is 5.02 Å². The minimum Gasteiger partial charge on any atom is -0.355 e. The third-order valence-corrected chi connectivity index (χ3v) is 5.14. The first kappa shape index (κ1) is 16.4. The lowest BCUT2D eigenvalue weighted by atomic mass is 9.98. The summed E-state index contributed by atoms with van der Waals surface area (Å²) in [6.45, 7) is 1.60. The van der Waals surface area contributed by atoms with Crippen molar-refractivity contribution in [2.24, 2.45) is 0 Å². The molecule has 0 aliphatic carbocycles. The second kappa shape index (κ2) is 6.65. The fourth-order valence-electron chi connectivity index (χ4n) is 3.53. The molecular weight excluding hydrogens is 356 g/mol. The van der Waals surface area contributed by atoms with Crippen molar-refractivity contribution < 1.29 is 4.79 Å². The molecule has 2 aliphatic heterocycles. The van der Waals surface area contributed by atoms with Gasteiger partial charge < -0.3 is 15.2 Å². The highest BCUT2D eigenvalue weighted by Crippen LogP contribution is 2.33. The van der Waals surface area contributed by atoms with Crippen LogP contribution in [0.1, 0.15) is 40.5 Å². The molecule has 1 amide bonds. The number of anilines is 1.